The van der Waals surface area contributed by atoms with Crippen LogP contribution in [0.2, 0.25) is 0 Å². The zero-order valence-corrected chi connectivity index (χ0v) is 26.9. The third-order valence-corrected chi connectivity index (χ3v) is 9.65. The Morgan fingerprint density at radius 2 is 0.826 bits per heavy atom. The molecule has 6 rings (SSSR count). The standard InChI is InChI=1S/C41H42O4S/c1-6-16-32(17-7-1)27-42-31-36-26-38(46-37-24-14-5-15-25-37)40(44-29-34-20-10-3-11-21-34)41(45-30-35-22-12-4-13-23-35)39(36)43-28-33-18-8-2-9-19-33/h1-25,36,38-41H,26-31H2. The molecule has 5 unspecified atom stereocenters. The summed E-state index contributed by atoms with van der Waals surface area (Å²) in [5.41, 5.74) is 4.57. The zero-order chi connectivity index (χ0) is 31.2. The highest BCUT2D eigenvalue weighted by Gasteiger charge is 2.47. The van der Waals surface area contributed by atoms with Gasteiger partial charge in [-0.2, -0.15) is 0 Å². The highest BCUT2D eigenvalue weighted by molar-refractivity contribution is 8.00. The lowest BCUT2D eigenvalue weighted by molar-refractivity contribution is -0.192. The summed E-state index contributed by atoms with van der Waals surface area (Å²) in [4.78, 5) is 1.22. The van der Waals surface area contributed by atoms with Gasteiger partial charge in [0.2, 0.25) is 0 Å². The molecule has 0 saturated heterocycles. The van der Waals surface area contributed by atoms with Gasteiger partial charge in [-0.05, 0) is 40.8 Å². The van der Waals surface area contributed by atoms with Gasteiger partial charge in [0.15, 0.2) is 0 Å². The first-order valence-electron chi connectivity index (χ1n) is 16.1. The van der Waals surface area contributed by atoms with Crippen LogP contribution < -0.4 is 0 Å². The van der Waals surface area contributed by atoms with Gasteiger partial charge in [0, 0.05) is 16.1 Å². The Labute approximate surface area is 277 Å². The Balaban J connectivity index is 1.31. The second kappa shape index (κ2) is 17.3. The molecule has 46 heavy (non-hydrogen) atoms. The van der Waals surface area contributed by atoms with Crippen LogP contribution >= 0.6 is 11.8 Å². The van der Waals surface area contributed by atoms with E-state index in [1.165, 1.54) is 4.90 Å². The summed E-state index contributed by atoms with van der Waals surface area (Å²) < 4.78 is 27.1. The van der Waals surface area contributed by atoms with Gasteiger partial charge < -0.3 is 18.9 Å². The van der Waals surface area contributed by atoms with Gasteiger partial charge in [-0.1, -0.05) is 140 Å². The predicted octanol–water partition coefficient (Wildman–Crippen LogP) is 9.14. The summed E-state index contributed by atoms with van der Waals surface area (Å²) >= 11 is 1.87. The summed E-state index contributed by atoms with van der Waals surface area (Å²) in [6, 6.07) is 52.1. The molecule has 0 amide bonds. The summed E-state index contributed by atoms with van der Waals surface area (Å²) in [6.07, 6.45) is 0.125. The van der Waals surface area contributed by atoms with E-state index in [0.717, 1.165) is 28.7 Å². The van der Waals surface area contributed by atoms with Gasteiger partial charge >= 0.3 is 0 Å². The molecule has 1 fully saturated rings. The van der Waals surface area contributed by atoms with Crippen LogP contribution in [0.5, 0.6) is 0 Å². The van der Waals surface area contributed by atoms with Crippen molar-refractivity contribution in [3.63, 3.8) is 0 Å². The third kappa shape index (κ3) is 9.41. The van der Waals surface area contributed by atoms with Crippen LogP contribution in [0, 0.1) is 5.92 Å². The average molecular weight is 631 g/mol. The number of benzene rings is 5. The van der Waals surface area contributed by atoms with Crippen molar-refractivity contribution in [3.05, 3.63) is 174 Å². The Kier molecular flexibility index (Phi) is 12.1. The van der Waals surface area contributed by atoms with Crippen molar-refractivity contribution in [3.8, 4) is 0 Å². The van der Waals surface area contributed by atoms with Crippen molar-refractivity contribution in [2.24, 2.45) is 5.92 Å². The molecule has 0 spiro atoms. The van der Waals surface area contributed by atoms with Crippen LogP contribution in [0.1, 0.15) is 28.7 Å². The fraction of sp³-hybridized carbons (Fsp3) is 0.268. The van der Waals surface area contributed by atoms with Crippen LogP contribution in [0.25, 0.3) is 0 Å². The van der Waals surface area contributed by atoms with Crippen molar-refractivity contribution in [2.75, 3.05) is 6.61 Å². The molecule has 4 nitrogen and oxygen atoms in total. The molecule has 0 bridgehead atoms. The average Bonchev–Trinajstić information content (AvgIpc) is 3.12. The zero-order valence-electron chi connectivity index (χ0n) is 26.1. The molecule has 236 valence electrons. The minimum absolute atomic E-state index is 0.103. The molecular weight excluding hydrogens is 589 g/mol. The van der Waals surface area contributed by atoms with Gasteiger partial charge in [-0.25, -0.2) is 0 Å². The molecular formula is C41H42O4S. The Morgan fingerprint density at radius 3 is 1.30 bits per heavy atom. The maximum Gasteiger partial charge on any atom is 0.112 e. The lowest BCUT2D eigenvalue weighted by atomic mass is 9.82. The van der Waals surface area contributed by atoms with E-state index in [1.54, 1.807) is 0 Å². The first-order chi connectivity index (χ1) is 22.8. The van der Waals surface area contributed by atoms with Gasteiger partial charge in [-0.3, -0.25) is 0 Å². The molecule has 0 radical (unpaired) electrons. The first kappa shape index (κ1) is 32.2. The number of hydrogen-bond donors (Lipinski definition) is 0. The summed E-state index contributed by atoms with van der Waals surface area (Å²) in [7, 11) is 0. The number of hydrogen-bond acceptors (Lipinski definition) is 5. The molecule has 0 aliphatic heterocycles. The Hall–Kier alpha value is -3.71. The molecule has 1 aliphatic carbocycles. The molecule has 5 aromatic carbocycles. The highest BCUT2D eigenvalue weighted by Crippen LogP contribution is 2.41. The molecule has 5 atom stereocenters. The van der Waals surface area contributed by atoms with E-state index in [9.17, 15) is 0 Å². The van der Waals surface area contributed by atoms with Crippen molar-refractivity contribution >= 4 is 11.8 Å². The molecule has 5 aromatic rings. The van der Waals surface area contributed by atoms with Crippen LogP contribution in [-0.4, -0.2) is 30.2 Å². The number of ether oxygens (including phenoxy) is 4. The lowest BCUT2D eigenvalue weighted by Crippen LogP contribution is -2.56. The van der Waals surface area contributed by atoms with Crippen LogP contribution in [0.15, 0.2) is 157 Å². The van der Waals surface area contributed by atoms with Crippen LogP contribution in [0.3, 0.4) is 0 Å². The van der Waals surface area contributed by atoms with Crippen LogP contribution in [0.4, 0.5) is 0 Å². The molecule has 0 aromatic heterocycles. The highest BCUT2D eigenvalue weighted by atomic mass is 32.2. The van der Waals surface area contributed by atoms with Crippen molar-refractivity contribution in [2.45, 2.75) is 61.3 Å². The molecule has 1 saturated carbocycles. The van der Waals surface area contributed by atoms with Crippen molar-refractivity contribution in [1.82, 2.24) is 0 Å². The summed E-state index contributed by atoms with van der Waals surface area (Å²) in [6.45, 7) is 2.60. The molecule has 0 heterocycles. The number of thioether (sulfide) groups is 1. The second-order valence-electron chi connectivity index (χ2n) is 11.7. The van der Waals surface area contributed by atoms with E-state index < -0.39 is 0 Å². The normalized spacial score (nSPS) is 21.2. The van der Waals surface area contributed by atoms with E-state index in [-0.39, 0.29) is 29.5 Å². The van der Waals surface area contributed by atoms with E-state index in [1.807, 2.05) is 36.0 Å². The third-order valence-electron chi connectivity index (χ3n) is 8.34. The molecule has 0 N–H and O–H groups in total. The SMILES string of the molecule is c1ccc(COCC2CC(Sc3ccccc3)C(OCc3ccccc3)C(OCc3ccccc3)C2OCc2ccccc2)cc1. The van der Waals surface area contributed by atoms with E-state index in [0.29, 0.717) is 33.0 Å². The maximum absolute atomic E-state index is 6.92. The van der Waals surface area contributed by atoms with E-state index in [4.69, 9.17) is 18.9 Å². The predicted molar refractivity (Wildman–Crippen MR) is 185 cm³/mol. The minimum Gasteiger partial charge on any atom is -0.376 e. The van der Waals surface area contributed by atoms with Gasteiger partial charge in [0.05, 0.1) is 45.2 Å². The monoisotopic (exact) mass is 630 g/mol. The quantitative estimate of drug-likeness (QED) is 0.115. The smallest absolute Gasteiger partial charge is 0.112 e. The molecule has 5 heteroatoms. The fourth-order valence-electron chi connectivity index (χ4n) is 6.01. The van der Waals surface area contributed by atoms with Crippen molar-refractivity contribution in [1.29, 1.82) is 0 Å². The van der Waals surface area contributed by atoms with Crippen LogP contribution in [-0.2, 0) is 45.4 Å². The van der Waals surface area contributed by atoms with E-state index >= 15 is 0 Å². The van der Waals surface area contributed by atoms with Gasteiger partial charge in [0.25, 0.3) is 0 Å². The first-order valence-corrected chi connectivity index (χ1v) is 17.0. The Morgan fingerprint density at radius 1 is 0.435 bits per heavy atom. The second-order valence-corrected chi connectivity index (χ2v) is 13.1. The van der Waals surface area contributed by atoms with E-state index in [2.05, 4.69) is 127 Å². The topological polar surface area (TPSA) is 36.9 Å². The number of rotatable bonds is 15. The summed E-state index contributed by atoms with van der Waals surface area (Å²) in [5.74, 6) is 0.103. The molecule has 1 aliphatic rings. The van der Waals surface area contributed by atoms with Gasteiger partial charge in [0.1, 0.15) is 6.10 Å². The maximum atomic E-state index is 6.92. The Bertz CT molecular complexity index is 1540. The largest absolute Gasteiger partial charge is 0.376 e. The van der Waals surface area contributed by atoms with Gasteiger partial charge in [-0.15, -0.1) is 11.8 Å². The fourth-order valence-corrected chi connectivity index (χ4v) is 7.39. The van der Waals surface area contributed by atoms with Crippen molar-refractivity contribution < 1.29 is 18.9 Å². The minimum atomic E-state index is -0.312. The summed E-state index contributed by atoms with van der Waals surface area (Å²) in [5, 5.41) is 0.133. The lowest BCUT2D eigenvalue weighted by Gasteiger charge is -2.46.